The molecule has 3 heterocycles. The van der Waals surface area contributed by atoms with Crippen LogP contribution in [0.15, 0.2) is 90.0 Å². The predicted octanol–water partition coefficient (Wildman–Crippen LogP) is 4.10. The summed E-state index contributed by atoms with van der Waals surface area (Å²) in [5, 5.41) is 24.1. The lowest BCUT2D eigenvalue weighted by molar-refractivity contribution is 0.699. The molecule has 0 fully saturated rings. The summed E-state index contributed by atoms with van der Waals surface area (Å²) in [6.45, 7) is 2.34. The number of aryl methyl sites for hydroxylation is 1. The van der Waals surface area contributed by atoms with Gasteiger partial charge in [-0.25, -0.2) is 4.68 Å². The standard InChI is InChI=1S/C27H19N7O/c1-18-6-4-7-20(16-28)26(18)34-27(35)25-24(31-34)22-8-2-3-9-23(22)33(30-25)17-19-10-12-21(13-11-19)32-15-5-14-29-32/h2-15H,17H2,1H3. The highest BCUT2D eigenvalue weighted by Crippen LogP contribution is 2.27. The van der Waals surface area contributed by atoms with Crippen LogP contribution in [0.4, 0.5) is 0 Å². The molecule has 8 heteroatoms. The van der Waals surface area contributed by atoms with Crippen LogP contribution in [0, 0.1) is 18.3 Å². The van der Waals surface area contributed by atoms with Crippen LogP contribution in [0.25, 0.3) is 33.7 Å². The van der Waals surface area contributed by atoms with Crippen LogP contribution in [0.5, 0.6) is 0 Å². The van der Waals surface area contributed by atoms with E-state index in [2.05, 4.69) is 16.3 Å². The zero-order valence-corrected chi connectivity index (χ0v) is 18.8. The van der Waals surface area contributed by atoms with Crippen molar-refractivity contribution in [2.45, 2.75) is 13.5 Å². The maximum absolute atomic E-state index is 13.5. The number of hydrogen-bond acceptors (Lipinski definition) is 5. The summed E-state index contributed by atoms with van der Waals surface area (Å²) in [7, 11) is 0. The van der Waals surface area contributed by atoms with Gasteiger partial charge in [0.25, 0.3) is 0 Å². The lowest BCUT2D eigenvalue weighted by Gasteiger charge is -2.12. The van der Waals surface area contributed by atoms with Crippen molar-refractivity contribution >= 4 is 10.9 Å². The first-order valence-corrected chi connectivity index (χ1v) is 11.1. The second-order valence-electron chi connectivity index (χ2n) is 8.29. The van der Waals surface area contributed by atoms with Crippen LogP contribution in [-0.4, -0.2) is 29.3 Å². The van der Waals surface area contributed by atoms with Crippen molar-refractivity contribution < 1.29 is 0 Å². The summed E-state index contributed by atoms with van der Waals surface area (Å²) >= 11 is 0. The fraction of sp³-hybridized carbons (Fsp3) is 0.0741. The molecule has 0 atom stereocenters. The Hall–Kier alpha value is -5.03. The monoisotopic (exact) mass is 457 g/mol. The summed E-state index contributed by atoms with van der Waals surface area (Å²) < 4.78 is 4.94. The molecule has 0 radical (unpaired) electrons. The fourth-order valence-electron chi connectivity index (χ4n) is 4.39. The van der Waals surface area contributed by atoms with Gasteiger partial charge in [-0.2, -0.15) is 25.2 Å². The number of nitriles is 1. The highest BCUT2D eigenvalue weighted by Gasteiger charge is 2.24. The number of benzene rings is 3. The topological polar surface area (TPSA) is 94.3 Å². The van der Waals surface area contributed by atoms with E-state index in [0.717, 1.165) is 27.7 Å². The first-order valence-electron chi connectivity index (χ1n) is 11.1. The maximum atomic E-state index is 13.5. The minimum atomic E-state index is -0.348. The summed E-state index contributed by atoms with van der Waals surface area (Å²) in [6, 6.07) is 25.2. The van der Waals surface area contributed by atoms with Gasteiger partial charge in [0.15, 0.2) is 5.69 Å². The fourth-order valence-corrected chi connectivity index (χ4v) is 4.39. The van der Waals surface area contributed by atoms with Crippen molar-refractivity contribution in [1.29, 1.82) is 5.26 Å². The highest BCUT2D eigenvalue weighted by atomic mass is 16.1. The molecular formula is C27H19N7O. The smallest absolute Gasteiger partial charge is 0.265 e. The van der Waals surface area contributed by atoms with Gasteiger partial charge in [-0.1, -0.05) is 42.5 Å². The molecule has 0 aliphatic carbocycles. The van der Waals surface area contributed by atoms with Gasteiger partial charge >= 0.3 is 5.56 Å². The Morgan fingerprint density at radius 1 is 0.914 bits per heavy atom. The Morgan fingerprint density at radius 2 is 1.74 bits per heavy atom. The summed E-state index contributed by atoms with van der Waals surface area (Å²) in [4.78, 5) is 13.5. The van der Waals surface area contributed by atoms with Crippen molar-refractivity contribution in [3.63, 3.8) is 0 Å². The molecule has 1 aromatic heterocycles. The predicted molar refractivity (Wildman–Crippen MR) is 132 cm³/mol. The molecule has 0 saturated heterocycles. The Bertz CT molecular complexity index is 1750. The number of nitrogens with zero attached hydrogens (tertiary/aromatic N) is 7. The van der Waals surface area contributed by atoms with Crippen molar-refractivity contribution in [3.05, 3.63) is 112 Å². The Kier molecular flexibility index (Phi) is 4.75. The van der Waals surface area contributed by atoms with E-state index in [4.69, 9.17) is 5.10 Å². The van der Waals surface area contributed by atoms with Gasteiger partial charge in [-0.15, -0.1) is 0 Å². The van der Waals surface area contributed by atoms with Crippen LogP contribution < -0.4 is 5.56 Å². The van der Waals surface area contributed by atoms with Gasteiger partial charge in [-0.3, -0.25) is 9.48 Å². The molecule has 0 bridgehead atoms. The number of fused-ring (bicyclic) bond motifs is 3. The highest BCUT2D eigenvalue weighted by molar-refractivity contribution is 5.92. The quantitative estimate of drug-likeness (QED) is 0.397. The van der Waals surface area contributed by atoms with Crippen molar-refractivity contribution in [3.8, 4) is 28.8 Å². The Labute approximate surface area is 200 Å². The van der Waals surface area contributed by atoms with E-state index >= 15 is 0 Å². The third kappa shape index (κ3) is 3.38. The van der Waals surface area contributed by atoms with Crippen molar-refractivity contribution in [2.75, 3.05) is 0 Å². The van der Waals surface area contributed by atoms with Gasteiger partial charge in [0, 0.05) is 17.8 Å². The number of hydrogen-bond donors (Lipinski definition) is 0. The summed E-state index contributed by atoms with van der Waals surface area (Å²) in [5.41, 5.74) is 4.98. The minimum absolute atomic E-state index is 0.268. The molecule has 3 aromatic carbocycles. The van der Waals surface area contributed by atoms with E-state index in [1.165, 1.54) is 4.68 Å². The molecule has 0 saturated carbocycles. The minimum Gasteiger partial charge on any atom is -0.265 e. The van der Waals surface area contributed by atoms with E-state index < -0.39 is 0 Å². The SMILES string of the molecule is Cc1cccc(C#N)c1-n1nc2c3ccccc3n(Cc3ccc(-n4cccn4)cc3)nc-2c1=O. The van der Waals surface area contributed by atoms with Crippen molar-refractivity contribution in [2.24, 2.45) is 0 Å². The first kappa shape index (κ1) is 20.6. The van der Waals surface area contributed by atoms with E-state index in [9.17, 15) is 10.1 Å². The van der Waals surface area contributed by atoms with Crippen molar-refractivity contribution in [1.82, 2.24) is 29.3 Å². The van der Waals surface area contributed by atoms with E-state index in [0.29, 0.717) is 23.5 Å². The Morgan fingerprint density at radius 3 is 2.51 bits per heavy atom. The third-order valence-electron chi connectivity index (χ3n) is 6.08. The lowest BCUT2D eigenvalue weighted by Crippen LogP contribution is -2.19. The molecule has 2 aliphatic heterocycles. The molecule has 0 spiro atoms. The van der Waals surface area contributed by atoms with Crippen LogP contribution in [-0.2, 0) is 6.54 Å². The van der Waals surface area contributed by atoms with E-state index in [-0.39, 0.29) is 11.3 Å². The third-order valence-corrected chi connectivity index (χ3v) is 6.08. The molecule has 168 valence electrons. The van der Waals surface area contributed by atoms with Gasteiger partial charge in [0.05, 0.1) is 29.0 Å². The molecular weight excluding hydrogens is 438 g/mol. The second kappa shape index (κ2) is 8.08. The molecule has 0 unspecified atom stereocenters. The van der Waals surface area contributed by atoms with Crippen LogP contribution >= 0.6 is 0 Å². The molecule has 8 nitrogen and oxygen atoms in total. The van der Waals surface area contributed by atoms with Crippen LogP contribution in [0.1, 0.15) is 16.7 Å². The normalized spacial score (nSPS) is 11.2. The van der Waals surface area contributed by atoms with Gasteiger partial charge in [0.1, 0.15) is 11.8 Å². The second-order valence-corrected chi connectivity index (χ2v) is 8.29. The average Bonchev–Trinajstić information content (AvgIpc) is 3.53. The van der Waals surface area contributed by atoms with E-state index in [1.54, 1.807) is 23.0 Å². The summed E-state index contributed by atoms with van der Waals surface area (Å²) in [5.74, 6) is 0. The van der Waals surface area contributed by atoms with Crippen LogP contribution in [0.2, 0.25) is 0 Å². The van der Waals surface area contributed by atoms with Gasteiger partial charge in [-0.05, 0) is 48.4 Å². The summed E-state index contributed by atoms with van der Waals surface area (Å²) in [6.07, 6.45) is 3.64. The molecule has 35 heavy (non-hydrogen) atoms. The molecule has 0 N–H and O–H groups in total. The molecule has 4 aromatic rings. The van der Waals surface area contributed by atoms with Gasteiger partial charge in [0.2, 0.25) is 0 Å². The van der Waals surface area contributed by atoms with E-state index in [1.807, 2.05) is 78.5 Å². The number of aromatic nitrogens is 6. The van der Waals surface area contributed by atoms with Gasteiger partial charge < -0.3 is 0 Å². The average molecular weight is 457 g/mol. The zero-order chi connectivity index (χ0) is 23.9. The maximum Gasteiger partial charge on any atom is 0.301 e. The lowest BCUT2D eigenvalue weighted by atomic mass is 10.1. The number of rotatable bonds is 4. The largest absolute Gasteiger partial charge is 0.301 e. The van der Waals surface area contributed by atoms with Crippen LogP contribution in [0.3, 0.4) is 0 Å². The molecule has 6 rings (SSSR count). The molecule has 0 amide bonds. The first-order chi connectivity index (χ1) is 17.1. The zero-order valence-electron chi connectivity index (χ0n) is 18.8. The Balaban J connectivity index is 1.50. The molecule has 2 aliphatic rings. The number of para-hydroxylation sites is 2.